The molecule has 0 saturated carbocycles. The highest BCUT2D eigenvalue weighted by Crippen LogP contribution is 2.21. The lowest BCUT2D eigenvalue weighted by atomic mass is 9.96. The van der Waals surface area contributed by atoms with E-state index in [0.29, 0.717) is 0 Å². The van der Waals surface area contributed by atoms with Crippen LogP contribution in [0.25, 0.3) is 0 Å². The fourth-order valence-electron chi connectivity index (χ4n) is 1.52. The zero-order chi connectivity index (χ0) is 12.0. The Kier molecular flexibility index (Phi) is 4.59. The van der Waals surface area contributed by atoms with E-state index in [0.717, 1.165) is 31.0 Å². The van der Waals surface area contributed by atoms with E-state index < -0.39 is 0 Å². The molecule has 0 aliphatic heterocycles. The Bertz CT molecular complexity index is 319. The molecular weight excluding hydrogens is 198 g/mol. The quantitative estimate of drug-likeness (QED) is 0.772. The number of nitrogens with zero attached hydrogens (tertiary/aromatic N) is 1. The topological polar surface area (TPSA) is 37.0 Å². The van der Waals surface area contributed by atoms with E-state index in [-0.39, 0.29) is 5.54 Å². The Balaban J connectivity index is 2.76. The summed E-state index contributed by atoms with van der Waals surface area (Å²) in [6.07, 6.45) is 2.19. The standard InChI is InChI=1S/C13H23N3/c1-5-13(4,6-2)16-12-10-8-9-11(15-12)14-7-3/h8-10H,5-7H2,1-4H3,(H2,14,15,16). The average molecular weight is 221 g/mol. The number of anilines is 2. The van der Waals surface area contributed by atoms with Gasteiger partial charge in [-0.15, -0.1) is 0 Å². The van der Waals surface area contributed by atoms with Crippen molar-refractivity contribution in [2.75, 3.05) is 17.2 Å². The Hall–Kier alpha value is -1.25. The lowest BCUT2D eigenvalue weighted by molar-refractivity contribution is 0.477. The summed E-state index contributed by atoms with van der Waals surface area (Å²) in [6, 6.07) is 6.04. The highest BCUT2D eigenvalue weighted by atomic mass is 15.1. The van der Waals surface area contributed by atoms with Crippen molar-refractivity contribution in [3.05, 3.63) is 18.2 Å². The molecule has 0 spiro atoms. The van der Waals surface area contributed by atoms with Gasteiger partial charge in [0.2, 0.25) is 0 Å². The van der Waals surface area contributed by atoms with Gasteiger partial charge >= 0.3 is 0 Å². The van der Waals surface area contributed by atoms with Gasteiger partial charge in [-0.2, -0.15) is 0 Å². The minimum atomic E-state index is 0.137. The van der Waals surface area contributed by atoms with Gasteiger partial charge in [-0.05, 0) is 38.8 Å². The second kappa shape index (κ2) is 5.73. The third-order valence-electron chi connectivity index (χ3n) is 3.10. The van der Waals surface area contributed by atoms with Gasteiger partial charge in [0.05, 0.1) is 0 Å². The van der Waals surface area contributed by atoms with Crippen LogP contribution >= 0.6 is 0 Å². The lowest BCUT2D eigenvalue weighted by Crippen LogP contribution is -2.33. The molecule has 90 valence electrons. The molecule has 2 N–H and O–H groups in total. The van der Waals surface area contributed by atoms with Crippen molar-refractivity contribution in [1.82, 2.24) is 4.98 Å². The summed E-state index contributed by atoms with van der Waals surface area (Å²) in [5.41, 5.74) is 0.137. The van der Waals surface area contributed by atoms with E-state index in [2.05, 4.69) is 43.3 Å². The summed E-state index contributed by atoms with van der Waals surface area (Å²) in [5, 5.41) is 6.72. The van der Waals surface area contributed by atoms with E-state index in [1.807, 2.05) is 18.2 Å². The molecule has 0 amide bonds. The maximum Gasteiger partial charge on any atom is 0.128 e. The third kappa shape index (κ3) is 3.40. The molecule has 1 aromatic heterocycles. The molecule has 16 heavy (non-hydrogen) atoms. The van der Waals surface area contributed by atoms with Crippen molar-refractivity contribution in [2.45, 2.75) is 46.1 Å². The van der Waals surface area contributed by atoms with E-state index in [9.17, 15) is 0 Å². The van der Waals surface area contributed by atoms with Gasteiger partial charge in [-0.3, -0.25) is 0 Å². The Morgan fingerprint density at radius 3 is 2.31 bits per heavy atom. The van der Waals surface area contributed by atoms with Crippen molar-refractivity contribution in [2.24, 2.45) is 0 Å². The second-order valence-electron chi connectivity index (χ2n) is 4.33. The molecule has 0 radical (unpaired) electrons. The maximum atomic E-state index is 4.52. The second-order valence-corrected chi connectivity index (χ2v) is 4.33. The fourth-order valence-corrected chi connectivity index (χ4v) is 1.52. The zero-order valence-corrected chi connectivity index (χ0v) is 10.8. The molecule has 1 rings (SSSR count). The van der Waals surface area contributed by atoms with Crippen molar-refractivity contribution < 1.29 is 0 Å². The monoisotopic (exact) mass is 221 g/mol. The summed E-state index contributed by atoms with van der Waals surface area (Å²) in [7, 11) is 0. The number of nitrogens with one attached hydrogen (secondary N) is 2. The maximum absolute atomic E-state index is 4.52. The Morgan fingerprint density at radius 2 is 1.75 bits per heavy atom. The zero-order valence-electron chi connectivity index (χ0n) is 10.8. The predicted octanol–water partition coefficient (Wildman–Crippen LogP) is 3.50. The smallest absolute Gasteiger partial charge is 0.128 e. The molecular formula is C13H23N3. The Labute approximate surface area is 98.7 Å². The highest BCUT2D eigenvalue weighted by Gasteiger charge is 2.19. The third-order valence-corrected chi connectivity index (χ3v) is 3.10. The van der Waals surface area contributed by atoms with Crippen LogP contribution in [0.1, 0.15) is 40.5 Å². The lowest BCUT2D eigenvalue weighted by Gasteiger charge is -2.29. The molecule has 0 fully saturated rings. The Morgan fingerprint density at radius 1 is 1.12 bits per heavy atom. The fraction of sp³-hybridized carbons (Fsp3) is 0.615. The number of hydrogen-bond donors (Lipinski definition) is 2. The molecule has 1 heterocycles. The van der Waals surface area contributed by atoms with Gasteiger partial charge in [0.15, 0.2) is 0 Å². The number of rotatable bonds is 6. The van der Waals surface area contributed by atoms with Crippen LogP contribution in [-0.4, -0.2) is 17.1 Å². The molecule has 3 heteroatoms. The van der Waals surface area contributed by atoms with Gasteiger partial charge in [-0.1, -0.05) is 19.9 Å². The number of aromatic nitrogens is 1. The summed E-state index contributed by atoms with van der Waals surface area (Å²) >= 11 is 0. The van der Waals surface area contributed by atoms with Gasteiger partial charge in [0.1, 0.15) is 11.6 Å². The van der Waals surface area contributed by atoms with Crippen LogP contribution in [-0.2, 0) is 0 Å². The molecule has 0 atom stereocenters. The molecule has 0 unspecified atom stereocenters. The van der Waals surface area contributed by atoms with Crippen LogP contribution < -0.4 is 10.6 Å². The first-order valence-electron chi connectivity index (χ1n) is 6.12. The molecule has 0 aromatic carbocycles. The molecule has 0 aliphatic carbocycles. The molecule has 0 aliphatic rings. The molecule has 1 aromatic rings. The van der Waals surface area contributed by atoms with Crippen LogP contribution in [0.5, 0.6) is 0 Å². The van der Waals surface area contributed by atoms with Crippen LogP contribution in [0.15, 0.2) is 18.2 Å². The van der Waals surface area contributed by atoms with E-state index in [4.69, 9.17) is 0 Å². The summed E-state index contributed by atoms with van der Waals surface area (Å²) in [5.74, 6) is 1.88. The van der Waals surface area contributed by atoms with Crippen LogP contribution in [0.4, 0.5) is 11.6 Å². The summed E-state index contributed by atoms with van der Waals surface area (Å²) in [4.78, 5) is 4.52. The minimum Gasteiger partial charge on any atom is -0.370 e. The molecule has 0 bridgehead atoms. The van der Waals surface area contributed by atoms with E-state index in [1.54, 1.807) is 0 Å². The number of pyridine rings is 1. The van der Waals surface area contributed by atoms with Gasteiger partial charge in [0.25, 0.3) is 0 Å². The largest absolute Gasteiger partial charge is 0.370 e. The van der Waals surface area contributed by atoms with Gasteiger partial charge < -0.3 is 10.6 Å². The first kappa shape index (κ1) is 12.8. The van der Waals surface area contributed by atoms with Crippen molar-refractivity contribution >= 4 is 11.6 Å². The molecule has 3 nitrogen and oxygen atoms in total. The van der Waals surface area contributed by atoms with Crippen LogP contribution in [0.3, 0.4) is 0 Å². The van der Waals surface area contributed by atoms with Gasteiger partial charge in [-0.25, -0.2) is 4.98 Å². The van der Waals surface area contributed by atoms with E-state index in [1.165, 1.54) is 0 Å². The first-order valence-corrected chi connectivity index (χ1v) is 6.12. The normalized spacial score (nSPS) is 11.2. The SMILES string of the molecule is CCNc1cccc(NC(C)(CC)CC)n1. The summed E-state index contributed by atoms with van der Waals surface area (Å²) < 4.78 is 0. The van der Waals surface area contributed by atoms with Crippen molar-refractivity contribution in [3.8, 4) is 0 Å². The average Bonchev–Trinajstić information content (AvgIpc) is 2.30. The molecule has 0 saturated heterocycles. The van der Waals surface area contributed by atoms with Crippen LogP contribution in [0, 0.1) is 0 Å². The van der Waals surface area contributed by atoms with E-state index >= 15 is 0 Å². The summed E-state index contributed by atoms with van der Waals surface area (Å²) in [6.45, 7) is 9.60. The van der Waals surface area contributed by atoms with Crippen molar-refractivity contribution in [3.63, 3.8) is 0 Å². The van der Waals surface area contributed by atoms with Gasteiger partial charge in [0, 0.05) is 12.1 Å². The van der Waals surface area contributed by atoms with Crippen molar-refractivity contribution in [1.29, 1.82) is 0 Å². The first-order chi connectivity index (χ1) is 7.63. The minimum absolute atomic E-state index is 0.137. The predicted molar refractivity (Wildman–Crippen MR) is 71.0 cm³/mol. The highest BCUT2D eigenvalue weighted by molar-refractivity contribution is 5.46. The van der Waals surface area contributed by atoms with Crippen LogP contribution in [0.2, 0.25) is 0 Å². The number of hydrogen-bond acceptors (Lipinski definition) is 3.